The quantitative estimate of drug-likeness (QED) is 0.312. The molecule has 0 aliphatic heterocycles. The Hall–Kier alpha value is -1.95. The molecule has 30 heavy (non-hydrogen) atoms. The molecule has 1 aliphatic rings. The normalized spacial score (nSPS) is 25.2. The van der Waals surface area contributed by atoms with E-state index in [0.29, 0.717) is 32.2 Å². The molecule has 2 rings (SSSR count). The van der Waals surface area contributed by atoms with Crippen LogP contribution in [0.2, 0.25) is 0 Å². The Morgan fingerprint density at radius 1 is 1.20 bits per heavy atom. The van der Waals surface area contributed by atoms with E-state index < -0.39 is 18.3 Å². The van der Waals surface area contributed by atoms with E-state index in [0.717, 1.165) is 19.3 Å². The number of benzene rings is 1. The molecule has 0 bridgehead atoms. The van der Waals surface area contributed by atoms with Crippen LogP contribution in [0.3, 0.4) is 0 Å². The maximum absolute atomic E-state index is 11.4. The lowest BCUT2D eigenvalue weighted by molar-refractivity contribution is -0.121. The number of carbonyl (C=O) groups is 1. The van der Waals surface area contributed by atoms with Crippen molar-refractivity contribution >= 4 is 5.91 Å². The van der Waals surface area contributed by atoms with Crippen LogP contribution in [-0.4, -0.2) is 46.1 Å². The molecule has 0 aromatic heterocycles. The maximum atomic E-state index is 11.4. The number of hydrogen-bond acceptors (Lipinski definition) is 4. The van der Waals surface area contributed by atoms with E-state index in [2.05, 4.69) is 5.32 Å². The number of amides is 1. The number of carbonyl (C=O) groups excluding carboxylic acids is 1. The standard InChI is InChI=1S/C25H37NO4/c1-2-26-25(30)13-9-4-3-8-12-21-22(24(29)18-23(21)28)17-16-20(27)15-14-19-10-6-5-7-11-19/h3,5-8,10-11,16-17,20-24,27-29H,2,4,9,12-15,18H2,1H3,(H,26,30)/b8-3-,17-16+/t20-,21+,22-,23+,24+/m0/s1. The first-order chi connectivity index (χ1) is 14.5. The zero-order chi connectivity index (χ0) is 21.8. The van der Waals surface area contributed by atoms with Crippen molar-refractivity contribution in [2.24, 2.45) is 11.8 Å². The minimum atomic E-state index is -0.589. The number of aryl methyl sites for hydroxylation is 1. The zero-order valence-corrected chi connectivity index (χ0v) is 18.0. The van der Waals surface area contributed by atoms with Gasteiger partial charge in [0, 0.05) is 25.3 Å². The molecule has 0 saturated heterocycles. The molecule has 5 heteroatoms. The second kappa shape index (κ2) is 13.4. The van der Waals surface area contributed by atoms with Crippen LogP contribution in [0.4, 0.5) is 0 Å². The van der Waals surface area contributed by atoms with E-state index in [9.17, 15) is 20.1 Å². The van der Waals surface area contributed by atoms with Gasteiger partial charge < -0.3 is 20.6 Å². The number of rotatable bonds is 12. The number of nitrogens with one attached hydrogen (secondary N) is 1. The number of aliphatic hydroxyl groups excluding tert-OH is 3. The van der Waals surface area contributed by atoms with Crippen molar-refractivity contribution in [1.82, 2.24) is 5.32 Å². The fraction of sp³-hybridized carbons (Fsp3) is 0.560. The van der Waals surface area contributed by atoms with E-state index >= 15 is 0 Å². The molecule has 166 valence electrons. The van der Waals surface area contributed by atoms with Gasteiger partial charge in [-0.2, -0.15) is 0 Å². The first-order valence-electron chi connectivity index (χ1n) is 11.2. The number of unbranched alkanes of at least 4 members (excludes halogenated alkanes) is 1. The molecule has 1 aromatic carbocycles. The Labute approximate surface area is 180 Å². The van der Waals surface area contributed by atoms with Gasteiger partial charge >= 0.3 is 0 Å². The Bertz CT molecular complexity index is 673. The fourth-order valence-corrected chi connectivity index (χ4v) is 4.06. The van der Waals surface area contributed by atoms with Crippen molar-refractivity contribution in [2.75, 3.05) is 6.54 Å². The van der Waals surface area contributed by atoms with Crippen LogP contribution in [0.1, 0.15) is 51.0 Å². The van der Waals surface area contributed by atoms with Gasteiger partial charge in [-0.1, -0.05) is 54.6 Å². The molecule has 5 atom stereocenters. The molecule has 5 nitrogen and oxygen atoms in total. The number of hydrogen-bond donors (Lipinski definition) is 4. The van der Waals surface area contributed by atoms with Crippen LogP contribution in [0.25, 0.3) is 0 Å². The molecule has 0 spiro atoms. The van der Waals surface area contributed by atoms with Gasteiger partial charge in [-0.3, -0.25) is 4.79 Å². The SMILES string of the molecule is CCNC(=O)CCC/C=C\C[C@@H]1[C@H](/C=C/[C@@H](O)CCc2ccccc2)[C@H](O)C[C@H]1O. The molecular formula is C25H37NO4. The predicted octanol–water partition coefficient (Wildman–Crippen LogP) is 3.15. The Balaban J connectivity index is 1.78. The number of aliphatic hydroxyl groups is 3. The molecule has 0 unspecified atom stereocenters. The van der Waals surface area contributed by atoms with Crippen molar-refractivity contribution in [1.29, 1.82) is 0 Å². The van der Waals surface area contributed by atoms with Gasteiger partial charge in [-0.25, -0.2) is 0 Å². The topological polar surface area (TPSA) is 89.8 Å². The second-order valence-corrected chi connectivity index (χ2v) is 8.14. The van der Waals surface area contributed by atoms with Gasteiger partial charge in [0.05, 0.1) is 18.3 Å². The molecule has 1 amide bonds. The van der Waals surface area contributed by atoms with Crippen molar-refractivity contribution in [3.05, 3.63) is 60.2 Å². The minimum absolute atomic E-state index is 0.0581. The fourth-order valence-electron chi connectivity index (χ4n) is 4.06. The highest BCUT2D eigenvalue weighted by atomic mass is 16.3. The average molecular weight is 416 g/mol. The Morgan fingerprint density at radius 3 is 2.70 bits per heavy atom. The third-order valence-electron chi connectivity index (χ3n) is 5.77. The molecule has 1 fully saturated rings. The van der Waals surface area contributed by atoms with Crippen molar-refractivity contribution in [3.63, 3.8) is 0 Å². The summed E-state index contributed by atoms with van der Waals surface area (Å²) in [6.45, 7) is 2.57. The Morgan fingerprint density at radius 2 is 1.97 bits per heavy atom. The van der Waals surface area contributed by atoms with Crippen LogP contribution >= 0.6 is 0 Å². The van der Waals surface area contributed by atoms with E-state index in [4.69, 9.17) is 0 Å². The highest BCUT2D eigenvalue weighted by Gasteiger charge is 2.39. The van der Waals surface area contributed by atoms with Crippen LogP contribution in [0.5, 0.6) is 0 Å². The van der Waals surface area contributed by atoms with Gasteiger partial charge in [0.1, 0.15) is 0 Å². The molecule has 1 aliphatic carbocycles. The third kappa shape index (κ3) is 8.42. The van der Waals surface area contributed by atoms with Crippen molar-refractivity contribution in [2.45, 2.75) is 70.2 Å². The van der Waals surface area contributed by atoms with E-state index in [1.165, 1.54) is 5.56 Å². The summed E-state index contributed by atoms with van der Waals surface area (Å²) in [5, 5.41) is 33.8. The van der Waals surface area contributed by atoms with Gasteiger partial charge in [0.15, 0.2) is 0 Å². The monoisotopic (exact) mass is 415 g/mol. The summed E-state index contributed by atoms with van der Waals surface area (Å²) in [6, 6.07) is 10.1. The summed E-state index contributed by atoms with van der Waals surface area (Å²) in [5.74, 6) is -0.139. The zero-order valence-electron chi connectivity index (χ0n) is 18.0. The lowest BCUT2D eigenvalue weighted by Gasteiger charge is -2.19. The average Bonchev–Trinajstić information content (AvgIpc) is 3.00. The van der Waals surface area contributed by atoms with Gasteiger partial charge in [-0.05, 0) is 50.5 Å². The summed E-state index contributed by atoms with van der Waals surface area (Å²) in [7, 11) is 0. The summed E-state index contributed by atoms with van der Waals surface area (Å²) in [4.78, 5) is 11.4. The van der Waals surface area contributed by atoms with Crippen LogP contribution in [0, 0.1) is 11.8 Å². The first-order valence-corrected chi connectivity index (χ1v) is 11.2. The summed E-state index contributed by atoms with van der Waals surface area (Å²) in [6.07, 6.45) is 10.6. The lowest BCUT2D eigenvalue weighted by atomic mass is 9.89. The minimum Gasteiger partial charge on any atom is -0.393 e. The Kier molecular flexibility index (Phi) is 10.8. The summed E-state index contributed by atoms with van der Waals surface area (Å²) in [5.41, 5.74) is 1.19. The second-order valence-electron chi connectivity index (χ2n) is 8.14. The van der Waals surface area contributed by atoms with E-state index in [-0.39, 0.29) is 17.7 Å². The highest BCUT2D eigenvalue weighted by molar-refractivity contribution is 5.75. The van der Waals surface area contributed by atoms with Gasteiger partial charge in [0.25, 0.3) is 0 Å². The highest BCUT2D eigenvalue weighted by Crippen LogP contribution is 2.36. The maximum Gasteiger partial charge on any atom is 0.219 e. The smallest absolute Gasteiger partial charge is 0.219 e. The molecule has 1 saturated carbocycles. The third-order valence-corrected chi connectivity index (χ3v) is 5.77. The summed E-state index contributed by atoms with van der Waals surface area (Å²) >= 11 is 0. The van der Waals surface area contributed by atoms with E-state index in [1.807, 2.05) is 55.5 Å². The largest absolute Gasteiger partial charge is 0.393 e. The number of allylic oxidation sites excluding steroid dienone is 2. The molecular weight excluding hydrogens is 378 g/mol. The molecule has 4 N–H and O–H groups in total. The summed E-state index contributed by atoms with van der Waals surface area (Å²) < 4.78 is 0. The predicted molar refractivity (Wildman–Crippen MR) is 120 cm³/mol. The van der Waals surface area contributed by atoms with Crippen LogP contribution in [0.15, 0.2) is 54.6 Å². The van der Waals surface area contributed by atoms with Crippen LogP contribution in [-0.2, 0) is 11.2 Å². The lowest BCUT2D eigenvalue weighted by Crippen LogP contribution is -2.21. The van der Waals surface area contributed by atoms with Crippen LogP contribution < -0.4 is 5.32 Å². The van der Waals surface area contributed by atoms with Gasteiger partial charge in [0.2, 0.25) is 5.91 Å². The van der Waals surface area contributed by atoms with Crippen molar-refractivity contribution < 1.29 is 20.1 Å². The van der Waals surface area contributed by atoms with E-state index in [1.54, 1.807) is 6.08 Å². The molecule has 1 aromatic rings. The molecule has 0 heterocycles. The molecule has 0 radical (unpaired) electrons. The van der Waals surface area contributed by atoms with Gasteiger partial charge in [-0.15, -0.1) is 0 Å². The first kappa shape index (κ1) is 24.3. The van der Waals surface area contributed by atoms with Crippen molar-refractivity contribution in [3.8, 4) is 0 Å².